The summed E-state index contributed by atoms with van der Waals surface area (Å²) in [4.78, 5) is 37.4. The number of benzene rings is 1. The minimum absolute atomic E-state index is 0.105. The first-order valence-electron chi connectivity index (χ1n) is 7.20. The van der Waals surface area contributed by atoms with E-state index in [0.717, 1.165) is 5.56 Å². The highest BCUT2D eigenvalue weighted by atomic mass is 16.5. The van der Waals surface area contributed by atoms with Gasteiger partial charge in [0.25, 0.3) is 0 Å². The number of carbonyl (C=O) groups excluding carboxylic acids is 3. The molecule has 0 saturated heterocycles. The fraction of sp³-hybridized carbons (Fsp3) is 0.353. The van der Waals surface area contributed by atoms with Crippen LogP contribution in [-0.4, -0.2) is 17.3 Å². The molecule has 1 unspecified atom stereocenters. The summed E-state index contributed by atoms with van der Waals surface area (Å²) in [5.41, 5.74) is -0.239. The predicted molar refractivity (Wildman–Crippen MR) is 73.2 cm³/mol. The quantitative estimate of drug-likeness (QED) is 0.741. The Bertz CT molecular complexity index is 683. The first kappa shape index (κ1) is 12.5. The maximum absolute atomic E-state index is 12.6. The van der Waals surface area contributed by atoms with Crippen LogP contribution in [0.4, 0.5) is 0 Å². The molecule has 1 heterocycles. The summed E-state index contributed by atoms with van der Waals surface area (Å²) < 4.78 is 5.94. The van der Waals surface area contributed by atoms with E-state index in [9.17, 15) is 14.4 Å². The summed E-state index contributed by atoms with van der Waals surface area (Å²) in [6.07, 6.45) is 0.579. The summed E-state index contributed by atoms with van der Waals surface area (Å²) in [7, 11) is 0. The average Bonchev–Trinajstić information content (AvgIpc) is 3.12. The molecule has 4 rings (SSSR count). The van der Waals surface area contributed by atoms with Gasteiger partial charge in [-0.1, -0.05) is 30.3 Å². The van der Waals surface area contributed by atoms with Gasteiger partial charge in [0.2, 0.25) is 0 Å². The second-order valence-corrected chi connectivity index (χ2v) is 5.78. The van der Waals surface area contributed by atoms with E-state index < -0.39 is 11.5 Å². The van der Waals surface area contributed by atoms with Crippen molar-refractivity contribution in [3.05, 3.63) is 47.2 Å². The van der Waals surface area contributed by atoms with Gasteiger partial charge in [-0.15, -0.1) is 0 Å². The van der Waals surface area contributed by atoms with E-state index in [1.165, 1.54) is 0 Å². The first-order chi connectivity index (χ1) is 10.2. The van der Waals surface area contributed by atoms with Crippen molar-refractivity contribution in [2.24, 2.45) is 5.41 Å². The summed E-state index contributed by atoms with van der Waals surface area (Å²) in [6, 6.07) is 9.26. The number of hydrogen-bond donors (Lipinski definition) is 0. The lowest BCUT2D eigenvalue weighted by molar-refractivity contribution is -0.140. The zero-order valence-electron chi connectivity index (χ0n) is 11.4. The van der Waals surface area contributed by atoms with Gasteiger partial charge in [-0.25, -0.2) is 0 Å². The molecular weight excluding hydrogens is 268 g/mol. The zero-order chi connectivity index (χ0) is 14.6. The van der Waals surface area contributed by atoms with E-state index in [1.807, 2.05) is 30.3 Å². The second kappa shape index (κ2) is 4.13. The molecule has 1 aromatic carbocycles. The Morgan fingerprint density at radius 2 is 1.57 bits per heavy atom. The first-order valence-corrected chi connectivity index (χ1v) is 7.20. The van der Waals surface area contributed by atoms with Crippen LogP contribution in [0.5, 0.6) is 0 Å². The van der Waals surface area contributed by atoms with Crippen LogP contribution in [0.15, 0.2) is 41.7 Å². The van der Waals surface area contributed by atoms with Crippen LogP contribution in [0, 0.1) is 5.41 Å². The summed E-state index contributed by atoms with van der Waals surface area (Å²) in [6.45, 7) is 0. The third-order valence-electron chi connectivity index (χ3n) is 4.75. The molecule has 1 saturated carbocycles. The molecule has 1 spiro atoms. The van der Waals surface area contributed by atoms with Crippen LogP contribution < -0.4 is 0 Å². The number of fused-ring (bicyclic) bond motifs is 1. The highest BCUT2D eigenvalue weighted by molar-refractivity contribution is 6.23. The summed E-state index contributed by atoms with van der Waals surface area (Å²) in [5.74, 6) is 0.118. The Morgan fingerprint density at radius 3 is 2.24 bits per heavy atom. The lowest BCUT2D eigenvalue weighted by Gasteiger charge is -2.29. The molecule has 2 aliphatic carbocycles. The van der Waals surface area contributed by atoms with Gasteiger partial charge >= 0.3 is 0 Å². The van der Waals surface area contributed by atoms with E-state index in [0.29, 0.717) is 24.2 Å². The average molecular weight is 282 g/mol. The van der Waals surface area contributed by atoms with Crippen molar-refractivity contribution >= 4 is 17.3 Å². The number of ether oxygens (including phenoxy) is 1. The Kier molecular flexibility index (Phi) is 2.46. The lowest BCUT2D eigenvalue weighted by atomic mass is 9.70. The Balaban J connectivity index is 1.93. The van der Waals surface area contributed by atoms with Gasteiger partial charge < -0.3 is 4.74 Å². The van der Waals surface area contributed by atoms with E-state index in [1.54, 1.807) is 0 Å². The number of rotatable bonds is 1. The molecule has 0 N–H and O–H groups in total. The molecule has 0 radical (unpaired) electrons. The summed E-state index contributed by atoms with van der Waals surface area (Å²) >= 11 is 0. The van der Waals surface area contributed by atoms with Gasteiger partial charge in [0.1, 0.15) is 11.9 Å². The minimum Gasteiger partial charge on any atom is -0.488 e. The highest BCUT2D eigenvalue weighted by Crippen LogP contribution is 2.59. The van der Waals surface area contributed by atoms with Gasteiger partial charge in [-0.3, -0.25) is 14.4 Å². The smallest absolute Gasteiger partial charge is 0.164 e. The van der Waals surface area contributed by atoms with Gasteiger partial charge in [-0.05, 0) is 5.56 Å². The predicted octanol–water partition coefficient (Wildman–Crippen LogP) is 2.29. The maximum atomic E-state index is 12.6. The fourth-order valence-corrected chi connectivity index (χ4v) is 3.85. The van der Waals surface area contributed by atoms with E-state index >= 15 is 0 Å². The fourth-order valence-electron chi connectivity index (χ4n) is 3.85. The topological polar surface area (TPSA) is 60.4 Å². The van der Waals surface area contributed by atoms with Crippen molar-refractivity contribution in [1.82, 2.24) is 0 Å². The molecule has 0 amide bonds. The summed E-state index contributed by atoms with van der Waals surface area (Å²) in [5, 5.41) is 0. The van der Waals surface area contributed by atoms with Crippen LogP contribution in [0.2, 0.25) is 0 Å². The SMILES string of the molecule is O=C1CCC2=C1C1(C(=O)CCC1=O)C(c1ccccc1)O2. The molecule has 1 aromatic rings. The standard InChI is InChI=1S/C17H14O4/c18-11-6-7-12-15(11)17(13(19)8-9-14(17)20)16(21-12)10-4-2-1-3-5-10/h1-5,16H,6-9H2. The molecule has 0 bridgehead atoms. The molecule has 0 aromatic heterocycles. The molecule has 3 aliphatic rings. The van der Waals surface area contributed by atoms with Gasteiger partial charge in [0, 0.05) is 25.7 Å². The van der Waals surface area contributed by atoms with E-state index in [4.69, 9.17) is 4.74 Å². The Hall–Kier alpha value is -2.23. The van der Waals surface area contributed by atoms with Gasteiger partial charge in [-0.2, -0.15) is 0 Å². The largest absolute Gasteiger partial charge is 0.488 e. The molecule has 4 nitrogen and oxygen atoms in total. The number of hydrogen-bond acceptors (Lipinski definition) is 4. The van der Waals surface area contributed by atoms with Crippen LogP contribution in [0.25, 0.3) is 0 Å². The normalized spacial score (nSPS) is 26.7. The van der Waals surface area contributed by atoms with Crippen molar-refractivity contribution in [3.8, 4) is 0 Å². The number of carbonyl (C=O) groups is 3. The van der Waals surface area contributed by atoms with Crippen LogP contribution >= 0.6 is 0 Å². The second-order valence-electron chi connectivity index (χ2n) is 5.78. The highest BCUT2D eigenvalue weighted by Gasteiger charge is 2.65. The lowest BCUT2D eigenvalue weighted by Crippen LogP contribution is -2.40. The van der Waals surface area contributed by atoms with Crippen LogP contribution in [0.3, 0.4) is 0 Å². The molecule has 1 fully saturated rings. The van der Waals surface area contributed by atoms with Crippen LogP contribution in [-0.2, 0) is 19.1 Å². The van der Waals surface area contributed by atoms with Crippen molar-refractivity contribution in [2.45, 2.75) is 31.8 Å². The van der Waals surface area contributed by atoms with Crippen molar-refractivity contribution in [2.75, 3.05) is 0 Å². The molecule has 1 aliphatic heterocycles. The minimum atomic E-state index is -1.37. The molecule has 106 valence electrons. The molecule has 4 heteroatoms. The van der Waals surface area contributed by atoms with Gasteiger partial charge in [0.15, 0.2) is 22.8 Å². The Labute approximate surface area is 121 Å². The molecule has 1 atom stereocenters. The van der Waals surface area contributed by atoms with Gasteiger partial charge in [0.05, 0.1) is 5.57 Å². The van der Waals surface area contributed by atoms with Crippen molar-refractivity contribution in [1.29, 1.82) is 0 Å². The van der Waals surface area contributed by atoms with E-state index in [2.05, 4.69) is 0 Å². The third-order valence-corrected chi connectivity index (χ3v) is 4.75. The zero-order valence-corrected chi connectivity index (χ0v) is 11.4. The Morgan fingerprint density at radius 1 is 0.905 bits per heavy atom. The number of Topliss-reactive ketones (excluding diaryl/α,β-unsaturated/α-hetero) is 3. The van der Waals surface area contributed by atoms with Crippen LogP contribution in [0.1, 0.15) is 37.4 Å². The molecular formula is C17H14O4. The number of allylic oxidation sites excluding steroid dienone is 1. The third kappa shape index (κ3) is 1.42. The van der Waals surface area contributed by atoms with Crippen molar-refractivity contribution in [3.63, 3.8) is 0 Å². The maximum Gasteiger partial charge on any atom is 0.164 e. The monoisotopic (exact) mass is 282 g/mol. The number of ketones is 3. The van der Waals surface area contributed by atoms with Crippen molar-refractivity contribution < 1.29 is 19.1 Å². The van der Waals surface area contributed by atoms with E-state index in [-0.39, 0.29) is 30.2 Å². The molecule has 21 heavy (non-hydrogen) atoms.